The molecule has 0 atom stereocenters. The highest BCUT2D eigenvalue weighted by Gasteiger charge is 1.97. The van der Waals surface area contributed by atoms with Crippen molar-refractivity contribution in [1.82, 2.24) is 0 Å². The summed E-state index contributed by atoms with van der Waals surface area (Å²) in [7, 11) is 9.63. The maximum atomic E-state index is 11.9. The van der Waals surface area contributed by atoms with E-state index in [9.17, 15) is 9.59 Å². The van der Waals surface area contributed by atoms with E-state index in [1.165, 1.54) is 5.56 Å². The molecule has 0 N–H and O–H groups in total. The quantitative estimate of drug-likeness (QED) is 0.162. The minimum atomic E-state index is -0.0440. The highest BCUT2D eigenvalue weighted by Crippen LogP contribution is 2.15. The van der Waals surface area contributed by atoms with E-state index in [2.05, 4.69) is 0 Å². The van der Waals surface area contributed by atoms with E-state index in [0.717, 1.165) is 39.4 Å². The molecule has 0 aliphatic heterocycles. The maximum Gasteiger partial charge on any atom is 0.178 e. The number of hydrogen-bond donors (Lipinski definition) is 0. The van der Waals surface area contributed by atoms with E-state index < -0.39 is 0 Å². The van der Waals surface area contributed by atoms with Crippen molar-refractivity contribution in [2.45, 2.75) is 6.92 Å². The van der Waals surface area contributed by atoms with E-state index in [0.29, 0.717) is 0 Å². The number of aryl methyl sites for hydroxylation is 1. The zero-order valence-electron chi connectivity index (χ0n) is 27.0. The molecule has 45 heavy (non-hydrogen) atoms. The van der Waals surface area contributed by atoms with Crippen LogP contribution in [0.1, 0.15) is 27.8 Å². The van der Waals surface area contributed by atoms with E-state index in [1.54, 1.807) is 37.5 Å². The van der Waals surface area contributed by atoms with Crippen LogP contribution in [0.25, 0.3) is 24.3 Å². The van der Waals surface area contributed by atoms with Gasteiger partial charge in [0.15, 0.2) is 11.6 Å². The lowest BCUT2D eigenvalue weighted by atomic mass is 10.1. The SMILES string of the molecule is COc1ccc(/C=C/C(=O)/C=C/c2ccc(N(C)C)cc2)cc1.Cc1ccc(C=CC(=O)C=Cc2ccc(N(C)C)cc2)cc1. The summed E-state index contributed by atoms with van der Waals surface area (Å²) in [5, 5.41) is 0. The molecule has 0 radical (unpaired) electrons. The number of carbonyl (C=O) groups excluding carboxylic acids is 2. The van der Waals surface area contributed by atoms with Crippen LogP contribution in [-0.2, 0) is 9.59 Å². The summed E-state index contributed by atoms with van der Waals surface area (Å²) < 4.78 is 5.10. The van der Waals surface area contributed by atoms with Crippen molar-refractivity contribution >= 4 is 47.2 Å². The summed E-state index contributed by atoms with van der Waals surface area (Å²) >= 11 is 0. The number of ether oxygens (including phenoxy) is 1. The molecule has 5 heteroatoms. The summed E-state index contributed by atoms with van der Waals surface area (Å²) in [6, 6.07) is 31.7. The van der Waals surface area contributed by atoms with E-state index in [1.807, 2.05) is 160 Å². The second kappa shape index (κ2) is 17.6. The fourth-order valence-corrected chi connectivity index (χ4v) is 3.98. The first-order valence-corrected chi connectivity index (χ1v) is 14.7. The Kier molecular flexibility index (Phi) is 13.4. The number of rotatable bonds is 11. The third kappa shape index (κ3) is 12.4. The Morgan fingerprint density at radius 2 is 0.778 bits per heavy atom. The standard InChI is InChI=1S/C20H21NO2.C20H21NO/c1-21(2)18-10-4-16(5-11-18)6-12-19(22)13-7-17-8-14-20(23-3)15-9-17;1-16-4-6-17(7-5-16)10-14-20(22)15-11-18-8-12-19(13-9-18)21(2)3/h4-15H,1-3H3;4-15H,1-3H3/b12-6+,13-7+;. The van der Waals surface area contributed by atoms with E-state index in [-0.39, 0.29) is 11.6 Å². The number of hydrogen-bond acceptors (Lipinski definition) is 5. The molecule has 0 aliphatic rings. The van der Waals surface area contributed by atoms with E-state index in [4.69, 9.17) is 4.74 Å². The van der Waals surface area contributed by atoms with Gasteiger partial charge >= 0.3 is 0 Å². The van der Waals surface area contributed by atoms with Gasteiger partial charge in [-0.15, -0.1) is 0 Å². The van der Waals surface area contributed by atoms with Crippen molar-refractivity contribution < 1.29 is 14.3 Å². The lowest BCUT2D eigenvalue weighted by Gasteiger charge is -2.11. The Labute approximate surface area is 268 Å². The zero-order valence-corrected chi connectivity index (χ0v) is 27.0. The van der Waals surface area contributed by atoms with Gasteiger partial charge in [0.05, 0.1) is 7.11 Å². The largest absolute Gasteiger partial charge is 0.497 e. The first-order chi connectivity index (χ1) is 21.6. The molecule has 0 saturated heterocycles. The number of methoxy groups -OCH3 is 1. The Morgan fingerprint density at radius 3 is 1.07 bits per heavy atom. The lowest BCUT2D eigenvalue weighted by molar-refractivity contribution is -0.111. The van der Waals surface area contributed by atoms with Crippen LogP contribution < -0.4 is 14.5 Å². The van der Waals surface area contributed by atoms with Crippen molar-refractivity contribution in [3.8, 4) is 5.75 Å². The average Bonchev–Trinajstić information content (AvgIpc) is 3.06. The molecule has 0 amide bonds. The minimum absolute atomic E-state index is 0.0164. The minimum Gasteiger partial charge on any atom is -0.497 e. The number of benzene rings is 4. The number of nitrogens with zero attached hydrogens (tertiary/aromatic N) is 2. The number of ketones is 2. The molecule has 0 aliphatic carbocycles. The first-order valence-electron chi connectivity index (χ1n) is 14.7. The van der Waals surface area contributed by atoms with Gasteiger partial charge in [0.25, 0.3) is 0 Å². The summed E-state index contributed by atoms with van der Waals surface area (Å²) in [5.41, 5.74) is 7.50. The Bertz CT molecular complexity index is 1620. The summed E-state index contributed by atoms with van der Waals surface area (Å²) in [5.74, 6) is 0.740. The van der Waals surface area contributed by atoms with Crippen LogP contribution in [0.4, 0.5) is 11.4 Å². The average molecular weight is 599 g/mol. The monoisotopic (exact) mass is 598 g/mol. The van der Waals surface area contributed by atoms with Gasteiger partial charge < -0.3 is 14.5 Å². The van der Waals surface area contributed by atoms with Gasteiger partial charge in [-0.3, -0.25) is 9.59 Å². The molecule has 4 aromatic carbocycles. The fraction of sp³-hybridized carbons (Fsp3) is 0.150. The summed E-state index contributed by atoms with van der Waals surface area (Å²) in [4.78, 5) is 27.8. The summed E-state index contributed by atoms with van der Waals surface area (Å²) in [6.45, 7) is 2.04. The predicted octanol–water partition coefficient (Wildman–Crippen LogP) is 8.41. The molecule has 0 unspecified atom stereocenters. The van der Waals surface area contributed by atoms with Crippen molar-refractivity contribution in [2.24, 2.45) is 0 Å². The van der Waals surface area contributed by atoms with Crippen molar-refractivity contribution in [1.29, 1.82) is 0 Å². The molecule has 230 valence electrons. The molecule has 4 rings (SSSR count). The molecule has 0 fully saturated rings. The second-order valence-electron chi connectivity index (χ2n) is 10.8. The van der Waals surface area contributed by atoms with Crippen LogP contribution in [0.15, 0.2) is 121 Å². The van der Waals surface area contributed by atoms with Crippen LogP contribution in [0.3, 0.4) is 0 Å². The molecular weight excluding hydrogens is 556 g/mol. The molecule has 0 heterocycles. The van der Waals surface area contributed by atoms with Gasteiger partial charge in [-0.25, -0.2) is 0 Å². The Hall–Kier alpha value is -5.42. The maximum absolute atomic E-state index is 11.9. The van der Waals surface area contributed by atoms with Crippen LogP contribution in [-0.4, -0.2) is 46.9 Å². The Balaban J connectivity index is 0.000000246. The number of anilines is 2. The van der Waals surface area contributed by atoms with Crippen LogP contribution in [0.5, 0.6) is 5.75 Å². The molecule has 4 aromatic rings. The highest BCUT2D eigenvalue weighted by atomic mass is 16.5. The van der Waals surface area contributed by atoms with Crippen LogP contribution >= 0.6 is 0 Å². The highest BCUT2D eigenvalue weighted by molar-refractivity contribution is 6.05. The van der Waals surface area contributed by atoms with Gasteiger partial charge in [-0.2, -0.15) is 0 Å². The third-order valence-corrected chi connectivity index (χ3v) is 6.77. The normalized spacial score (nSPS) is 11.2. The van der Waals surface area contributed by atoms with Gasteiger partial charge in [-0.05, 0) is 89.9 Å². The van der Waals surface area contributed by atoms with Crippen LogP contribution in [0, 0.1) is 6.92 Å². The third-order valence-electron chi connectivity index (χ3n) is 6.77. The topological polar surface area (TPSA) is 49.9 Å². The van der Waals surface area contributed by atoms with Gasteiger partial charge in [0, 0.05) is 39.6 Å². The van der Waals surface area contributed by atoms with Gasteiger partial charge in [-0.1, -0.05) is 90.5 Å². The second-order valence-corrected chi connectivity index (χ2v) is 10.8. The van der Waals surface area contributed by atoms with E-state index >= 15 is 0 Å². The van der Waals surface area contributed by atoms with Crippen molar-refractivity contribution in [3.05, 3.63) is 149 Å². The van der Waals surface area contributed by atoms with Gasteiger partial charge in [0.1, 0.15) is 5.75 Å². The summed E-state index contributed by atoms with van der Waals surface area (Å²) in [6.07, 6.45) is 13.6. The molecule has 5 nitrogen and oxygen atoms in total. The predicted molar refractivity (Wildman–Crippen MR) is 192 cm³/mol. The molecule has 0 saturated carbocycles. The number of allylic oxidation sites excluding steroid dienone is 4. The first kappa shape index (κ1) is 34.1. The lowest BCUT2D eigenvalue weighted by Crippen LogP contribution is -2.07. The van der Waals surface area contributed by atoms with Crippen LogP contribution in [0.2, 0.25) is 0 Å². The Morgan fingerprint density at radius 1 is 0.489 bits per heavy atom. The molecule has 0 spiro atoms. The molecule has 0 aromatic heterocycles. The molecule has 0 bridgehead atoms. The van der Waals surface area contributed by atoms with Crippen molar-refractivity contribution in [3.63, 3.8) is 0 Å². The molecular formula is C40H42N2O3. The smallest absolute Gasteiger partial charge is 0.178 e. The van der Waals surface area contributed by atoms with Gasteiger partial charge in [0.2, 0.25) is 0 Å². The zero-order chi connectivity index (χ0) is 32.6. The fourth-order valence-electron chi connectivity index (χ4n) is 3.98. The number of carbonyl (C=O) groups is 2. The van der Waals surface area contributed by atoms with Crippen molar-refractivity contribution in [2.75, 3.05) is 45.1 Å².